The Morgan fingerprint density at radius 2 is 1.63 bits per heavy atom. The van der Waals surface area contributed by atoms with Gasteiger partial charge >= 0.3 is 0 Å². The number of ether oxygens (including phenoxy) is 1. The van der Waals surface area contributed by atoms with Gasteiger partial charge in [0, 0.05) is 28.1 Å². The van der Waals surface area contributed by atoms with E-state index in [1.807, 2.05) is 26.8 Å². The Kier molecular flexibility index (Phi) is 5.03. The fourth-order valence-corrected chi connectivity index (χ4v) is 4.39. The van der Waals surface area contributed by atoms with E-state index in [-0.39, 0.29) is 28.3 Å². The van der Waals surface area contributed by atoms with Crippen LogP contribution in [0.15, 0.2) is 65.5 Å². The van der Waals surface area contributed by atoms with Crippen LogP contribution in [0.5, 0.6) is 5.75 Å². The van der Waals surface area contributed by atoms with Crippen molar-refractivity contribution < 1.29 is 14.3 Å². The van der Waals surface area contributed by atoms with E-state index in [9.17, 15) is 19.6 Å². The minimum Gasteiger partial charge on any atom is -0.486 e. The lowest BCUT2D eigenvalue weighted by molar-refractivity contribution is 0.102. The van der Waals surface area contributed by atoms with Gasteiger partial charge in [0.15, 0.2) is 5.78 Å². The second-order valence-corrected chi connectivity index (χ2v) is 9.27. The number of hydrogen-bond acceptors (Lipinski definition) is 5. The number of carbonyl (C=O) groups excluding carboxylic acids is 2. The van der Waals surface area contributed by atoms with Crippen LogP contribution in [0.4, 0.5) is 5.69 Å². The van der Waals surface area contributed by atoms with E-state index < -0.39 is 17.1 Å². The number of fused-ring (bicyclic) bond motifs is 2. The van der Waals surface area contributed by atoms with Gasteiger partial charge in [0.1, 0.15) is 23.0 Å². The monoisotopic (exact) mass is 463 g/mol. The van der Waals surface area contributed by atoms with Gasteiger partial charge in [0.25, 0.3) is 11.5 Å². The van der Waals surface area contributed by atoms with Crippen LogP contribution in [0, 0.1) is 11.3 Å². The number of amides is 1. The second-order valence-electron chi connectivity index (χ2n) is 9.27. The highest BCUT2D eigenvalue weighted by molar-refractivity contribution is 6.30. The third kappa shape index (κ3) is 3.65. The van der Waals surface area contributed by atoms with Crippen LogP contribution in [-0.2, 0) is 0 Å². The van der Waals surface area contributed by atoms with Gasteiger partial charge in [-0.2, -0.15) is 5.26 Å². The summed E-state index contributed by atoms with van der Waals surface area (Å²) in [4.78, 5) is 42.5. The molecular formula is C28H21N3O4. The molecule has 1 aliphatic rings. The molecule has 35 heavy (non-hydrogen) atoms. The number of nitrogens with one attached hydrogen (secondary N) is 2. The molecule has 1 heterocycles. The van der Waals surface area contributed by atoms with Gasteiger partial charge in [-0.25, -0.2) is 0 Å². The van der Waals surface area contributed by atoms with Crippen molar-refractivity contribution in [3.63, 3.8) is 0 Å². The van der Waals surface area contributed by atoms with Crippen LogP contribution < -0.4 is 15.6 Å². The molecule has 0 fully saturated rings. The molecule has 0 aliphatic heterocycles. The first-order valence-electron chi connectivity index (χ1n) is 11.1. The minimum absolute atomic E-state index is 0.105. The smallest absolute Gasteiger partial charge is 0.267 e. The lowest BCUT2D eigenvalue weighted by Crippen LogP contribution is -2.26. The molecule has 172 valence electrons. The van der Waals surface area contributed by atoms with Crippen molar-refractivity contribution in [2.75, 3.05) is 5.32 Å². The average Bonchev–Trinajstić information content (AvgIpc) is 2.82. The molecule has 0 radical (unpaired) electrons. The summed E-state index contributed by atoms with van der Waals surface area (Å²) >= 11 is 0. The molecule has 1 aliphatic carbocycles. The summed E-state index contributed by atoms with van der Waals surface area (Å²) in [7, 11) is 0. The fourth-order valence-electron chi connectivity index (χ4n) is 4.39. The van der Waals surface area contributed by atoms with Crippen molar-refractivity contribution in [2.24, 2.45) is 0 Å². The van der Waals surface area contributed by atoms with Gasteiger partial charge < -0.3 is 15.0 Å². The predicted octanol–water partition coefficient (Wildman–Crippen LogP) is 5.04. The standard InChI is InChI=1S/C28H21N3O4/c1-28(2,3)35-20-13-19(30-26(33)15-9-5-4-6-10-15)22-23-21(18(14-29)27(34)31-24(20)23)16-11-7-8-12-17(16)25(22)32/h4-13H,1-3H3,(H,30,33)(H,31,34). The highest BCUT2D eigenvalue weighted by Crippen LogP contribution is 2.46. The number of nitrogens with zero attached hydrogens (tertiary/aromatic N) is 1. The molecular weight excluding hydrogens is 442 g/mol. The maximum absolute atomic E-state index is 13.7. The van der Waals surface area contributed by atoms with E-state index in [0.29, 0.717) is 33.2 Å². The number of nitriles is 1. The molecule has 0 saturated carbocycles. The van der Waals surface area contributed by atoms with E-state index in [1.165, 1.54) is 0 Å². The zero-order valence-electron chi connectivity index (χ0n) is 19.4. The molecule has 4 aromatic rings. The minimum atomic E-state index is -0.647. The highest BCUT2D eigenvalue weighted by Gasteiger charge is 2.33. The number of anilines is 1. The topological polar surface area (TPSA) is 112 Å². The molecule has 0 spiro atoms. The lowest BCUT2D eigenvalue weighted by Gasteiger charge is -2.27. The first-order valence-corrected chi connectivity index (χ1v) is 11.1. The van der Waals surface area contributed by atoms with Crippen LogP contribution in [0.1, 0.15) is 52.6 Å². The number of hydrogen-bond donors (Lipinski definition) is 2. The third-order valence-corrected chi connectivity index (χ3v) is 5.74. The number of rotatable bonds is 3. The van der Waals surface area contributed by atoms with Crippen LogP contribution >= 0.6 is 0 Å². The van der Waals surface area contributed by atoms with Gasteiger partial charge in [0.2, 0.25) is 0 Å². The van der Waals surface area contributed by atoms with Gasteiger partial charge in [-0.1, -0.05) is 42.5 Å². The largest absolute Gasteiger partial charge is 0.486 e. The van der Waals surface area contributed by atoms with E-state index >= 15 is 0 Å². The summed E-state index contributed by atoms with van der Waals surface area (Å²) in [5.41, 5.74) is 1.02. The third-order valence-electron chi connectivity index (χ3n) is 5.74. The van der Waals surface area contributed by atoms with Crippen LogP contribution in [-0.4, -0.2) is 22.3 Å². The van der Waals surface area contributed by atoms with Crippen molar-refractivity contribution in [2.45, 2.75) is 26.4 Å². The summed E-state index contributed by atoms with van der Waals surface area (Å²) in [6, 6.07) is 19.0. The molecule has 1 amide bonds. The Morgan fingerprint density at radius 1 is 0.971 bits per heavy atom. The summed E-state index contributed by atoms with van der Waals surface area (Å²) in [6.07, 6.45) is 0. The van der Waals surface area contributed by atoms with Crippen molar-refractivity contribution in [1.82, 2.24) is 4.98 Å². The molecule has 7 heteroatoms. The zero-order valence-corrected chi connectivity index (χ0v) is 19.4. The molecule has 3 aromatic carbocycles. The van der Waals surface area contributed by atoms with Gasteiger partial charge in [-0.3, -0.25) is 14.4 Å². The maximum atomic E-state index is 13.7. The van der Waals surface area contributed by atoms with Gasteiger partial charge in [-0.05, 0) is 38.5 Å². The Bertz CT molecular complexity index is 1640. The molecule has 0 unspecified atom stereocenters. The number of benzene rings is 3. The number of H-pyrrole nitrogens is 1. The van der Waals surface area contributed by atoms with E-state index in [4.69, 9.17) is 4.74 Å². The molecule has 0 saturated heterocycles. The van der Waals surface area contributed by atoms with Crippen molar-refractivity contribution >= 4 is 28.3 Å². The van der Waals surface area contributed by atoms with Crippen molar-refractivity contribution in [1.29, 1.82) is 5.26 Å². The second kappa shape index (κ2) is 7.96. The Labute approximate surface area is 201 Å². The SMILES string of the molecule is CC(C)(C)Oc1cc(NC(=O)c2ccccc2)c2c3c(c(C#N)c(=O)[nH]c13)-c1ccccc1C2=O. The van der Waals surface area contributed by atoms with Crippen LogP contribution in [0.25, 0.3) is 22.0 Å². The predicted molar refractivity (Wildman–Crippen MR) is 133 cm³/mol. The first-order chi connectivity index (χ1) is 16.7. The summed E-state index contributed by atoms with van der Waals surface area (Å²) in [6.45, 7) is 5.55. The fraction of sp³-hybridized carbons (Fsp3) is 0.143. The maximum Gasteiger partial charge on any atom is 0.267 e. The Balaban J connectivity index is 1.89. The molecule has 5 rings (SSSR count). The van der Waals surface area contributed by atoms with Gasteiger partial charge in [0.05, 0.1) is 16.8 Å². The Hall–Kier alpha value is -4.70. The van der Waals surface area contributed by atoms with Crippen LogP contribution in [0.3, 0.4) is 0 Å². The van der Waals surface area contributed by atoms with Crippen molar-refractivity contribution in [3.8, 4) is 22.9 Å². The molecule has 0 atom stereocenters. The average molecular weight is 463 g/mol. The van der Waals surface area contributed by atoms with E-state index in [1.54, 1.807) is 60.7 Å². The quantitative estimate of drug-likeness (QED) is 0.389. The molecule has 1 aromatic heterocycles. The molecule has 7 nitrogen and oxygen atoms in total. The summed E-state index contributed by atoms with van der Waals surface area (Å²) in [5.74, 6) is -0.435. The number of ketones is 1. The van der Waals surface area contributed by atoms with Crippen molar-refractivity contribution in [3.05, 3.63) is 93.3 Å². The van der Waals surface area contributed by atoms with Gasteiger partial charge in [-0.15, -0.1) is 0 Å². The van der Waals surface area contributed by atoms with E-state index in [2.05, 4.69) is 10.3 Å². The lowest BCUT2D eigenvalue weighted by atomic mass is 9.81. The highest BCUT2D eigenvalue weighted by atomic mass is 16.5. The number of aromatic amines is 1. The molecule has 0 bridgehead atoms. The van der Waals surface area contributed by atoms with Crippen LogP contribution in [0.2, 0.25) is 0 Å². The summed E-state index contributed by atoms with van der Waals surface area (Å²) in [5, 5.41) is 13.1. The zero-order chi connectivity index (χ0) is 24.9. The number of aromatic nitrogens is 1. The van der Waals surface area contributed by atoms with E-state index in [0.717, 1.165) is 0 Å². The first kappa shape index (κ1) is 22.1. The number of pyridine rings is 1. The summed E-state index contributed by atoms with van der Waals surface area (Å²) < 4.78 is 6.16. The number of carbonyl (C=O) groups is 2. The molecule has 2 N–H and O–H groups in total. The normalized spacial score (nSPS) is 12.1. The Morgan fingerprint density at radius 3 is 2.29 bits per heavy atom.